The molecule has 0 saturated carbocycles. The Labute approximate surface area is 156 Å². The maximum absolute atomic E-state index is 12.2. The molecular weight excluding hydrogens is 344 g/mol. The predicted molar refractivity (Wildman–Crippen MR) is 107 cm³/mol. The second-order valence-corrected chi connectivity index (χ2v) is 7.07. The van der Waals surface area contributed by atoms with Crippen molar-refractivity contribution >= 4 is 17.7 Å². The van der Waals surface area contributed by atoms with Crippen molar-refractivity contribution in [2.45, 2.75) is 11.8 Å². The van der Waals surface area contributed by atoms with Gasteiger partial charge < -0.3 is 10.3 Å². The van der Waals surface area contributed by atoms with E-state index in [2.05, 4.69) is 41.5 Å². The highest BCUT2D eigenvalue weighted by molar-refractivity contribution is 7.99. The number of thioether (sulfide) groups is 1. The summed E-state index contributed by atoms with van der Waals surface area (Å²) in [4.78, 5) is 28.4. The van der Waals surface area contributed by atoms with Crippen LogP contribution in [0, 0.1) is 6.92 Å². The number of hydrogen-bond donors (Lipinski definition) is 2. The van der Waals surface area contributed by atoms with Gasteiger partial charge >= 0.3 is 0 Å². The van der Waals surface area contributed by atoms with Crippen LogP contribution in [-0.2, 0) is 0 Å². The Kier molecular flexibility index (Phi) is 5.92. The highest BCUT2D eigenvalue weighted by atomic mass is 32.2. The fourth-order valence-electron chi connectivity index (χ4n) is 2.50. The van der Waals surface area contributed by atoms with Crippen molar-refractivity contribution in [1.82, 2.24) is 10.3 Å². The van der Waals surface area contributed by atoms with Crippen LogP contribution in [0.25, 0.3) is 11.3 Å². The van der Waals surface area contributed by atoms with Crippen LogP contribution in [-0.4, -0.2) is 23.2 Å². The van der Waals surface area contributed by atoms with Gasteiger partial charge in [0.15, 0.2) is 0 Å². The van der Waals surface area contributed by atoms with Gasteiger partial charge in [-0.05, 0) is 36.8 Å². The molecule has 0 spiro atoms. The molecule has 132 valence electrons. The Balaban J connectivity index is 1.56. The molecule has 1 aromatic heterocycles. The van der Waals surface area contributed by atoms with Crippen molar-refractivity contribution in [1.29, 1.82) is 0 Å². The lowest BCUT2D eigenvalue weighted by molar-refractivity contribution is 0.0954. The molecule has 0 aliphatic rings. The first-order valence-electron chi connectivity index (χ1n) is 8.40. The molecule has 0 radical (unpaired) electrons. The minimum absolute atomic E-state index is 0.130. The summed E-state index contributed by atoms with van der Waals surface area (Å²) < 4.78 is 0. The summed E-state index contributed by atoms with van der Waals surface area (Å²) in [5.74, 6) is 0.393. The standard InChI is InChI=1S/C21H20N2O2S/c1-15-7-9-17(10-8-15)26-14-13-22-20(24)18-11-12-19(23-21(18)25)16-5-3-2-4-6-16/h2-12H,13-14H2,1H3,(H,22,24)(H,23,25). The fraction of sp³-hybridized carbons (Fsp3) is 0.143. The van der Waals surface area contributed by atoms with Gasteiger partial charge in [0, 0.05) is 22.9 Å². The minimum atomic E-state index is -0.380. The van der Waals surface area contributed by atoms with E-state index in [4.69, 9.17) is 0 Å². The maximum Gasteiger partial charge on any atom is 0.261 e. The summed E-state index contributed by atoms with van der Waals surface area (Å²) in [7, 11) is 0. The van der Waals surface area contributed by atoms with E-state index in [1.54, 1.807) is 23.9 Å². The molecule has 2 aromatic carbocycles. The summed E-state index contributed by atoms with van der Waals surface area (Å²) in [6.45, 7) is 2.55. The zero-order valence-electron chi connectivity index (χ0n) is 14.5. The highest BCUT2D eigenvalue weighted by Gasteiger charge is 2.11. The summed E-state index contributed by atoms with van der Waals surface area (Å²) in [5.41, 5.74) is 2.58. The lowest BCUT2D eigenvalue weighted by Crippen LogP contribution is -2.31. The molecule has 3 aromatic rings. The van der Waals surface area contributed by atoms with Crippen molar-refractivity contribution in [3.63, 3.8) is 0 Å². The molecule has 0 aliphatic carbocycles. The third-order valence-electron chi connectivity index (χ3n) is 3.92. The average molecular weight is 364 g/mol. The number of pyridine rings is 1. The molecule has 5 heteroatoms. The molecular formula is C21H20N2O2S. The summed E-state index contributed by atoms with van der Waals surface area (Å²) in [6, 6.07) is 21.1. The normalized spacial score (nSPS) is 10.5. The van der Waals surface area contributed by atoms with Gasteiger partial charge in [-0.25, -0.2) is 0 Å². The fourth-order valence-corrected chi connectivity index (χ4v) is 3.27. The van der Waals surface area contributed by atoms with Crippen LogP contribution < -0.4 is 10.9 Å². The van der Waals surface area contributed by atoms with Crippen LogP contribution in [0.3, 0.4) is 0 Å². The van der Waals surface area contributed by atoms with Crippen molar-refractivity contribution in [3.8, 4) is 11.3 Å². The molecule has 0 atom stereocenters. The van der Waals surface area contributed by atoms with Crippen molar-refractivity contribution < 1.29 is 4.79 Å². The minimum Gasteiger partial charge on any atom is -0.351 e. The van der Waals surface area contributed by atoms with Gasteiger partial charge in [-0.3, -0.25) is 9.59 Å². The Morgan fingerprint density at radius 2 is 1.73 bits per heavy atom. The lowest BCUT2D eigenvalue weighted by atomic mass is 10.1. The lowest BCUT2D eigenvalue weighted by Gasteiger charge is -2.06. The van der Waals surface area contributed by atoms with Crippen molar-refractivity contribution in [3.05, 3.63) is 88.2 Å². The molecule has 0 bridgehead atoms. The number of hydrogen-bond acceptors (Lipinski definition) is 3. The van der Waals surface area contributed by atoms with Crippen molar-refractivity contribution in [2.75, 3.05) is 12.3 Å². The average Bonchev–Trinajstić information content (AvgIpc) is 2.67. The van der Waals surface area contributed by atoms with E-state index < -0.39 is 0 Å². The number of carbonyl (C=O) groups is 1. The summed E-state index contributed by atoms with van der Waals surface area (Å²) >= 11 is 1.67. The molecule has 0 aliphatic heterocycles. The summed E-state index contributed by atoms with van der Waals surface area (Å²) in [6.07, 6.45) is 0. The number of rotatable bonds is 6. The van der Waals surface area contributed by atoms with Gasteiger partial charge in [0.25, 0.3) is 11.5 Å². The SMILES string of the molecule is Cc1ccc(SCCNC(=O)c2ccc(-c3ccccc3)[nH]c2=O)cc1. The van der Waals surface area contributed by atoms with E-state index in [9.17, 15) is 9.59 Å². The quantitative estimate of drug-likeness (QED) is 0.515. The van der Waals surface area contributed by atoms with Gasteiger partial charge in [0.1, 0.15) is 5.56 Å². The predicted octanol–water partition coefficient (Wildman–Crippen LogP) is 3.87. The summed E-state index contributed by atoms with van der Waals surface area (Å²) in [5, 5.41) is 2.80. The first kappa shape index (κ1) is 18.0. The zero-order valence-corrected chi connectivity index (χ0v) is 15.3. The smallest absolute Gasteiger partial charge is 0.261 e. The van der Waals surface area contributed by atoms with Crippen molar-refractivity contribution in [2.24, 2.45) is 0 Å². The first-order valence-corrected chi connectivity index (χ1v) is 9.38. The number of aromatic amines is 1. The van der Waals surface area contributed by atoms with E-state index in [-0.39, 0.29) is 17.0 Å². The van der Waals surface area contributed by atoms with Crippen LogP contribution in [0.5, 0.6) is 0 Å². The van der Waals surface area contributed by atoms with Crippen LogP contribution >= 0.6 is 11.8 Å². The number of carbonyl (C=O) groups excluding carboxylic acids is 1. The van der Waals surface area contributed by atoms with Crippen LogP contribution in [0.15, 0.2) is 76.4 Å². The molecule has 3 rings (SSSR count). The van der Waals surface area contributed by atoms with Gasteiger partial charge in [0.2, 0.25) is 0 Å². The zero-order chi connectivity index (χ0) is 18.4. The van der Waals surface area contributed by atoms with E-state index in [1.807, 2.05) is 30.3 Å². The number of nitrogens with one attached hydrogen (secondary N) is 2. The first-order chi connectivity index (χ1) is 12.6. The Bertz CT molecular complexity index is 934. The van der Waals surface area contributed by atoms with E-state index in [0.29, 0.717) is 12.2 Å². The second kappa shape index (κ2) is 8.54. The largest absolute Gasteiger partial charge is 0.351 e. The molecule has 0 unspecified atom stereocenters. The van der Waals surface area contributed by atoms with E-state index >= 15 is 0 Å². The van der Waals surface area contributed by atoms with E-state index in [0.717, 1.165) is 16.2 Å². The Morgan fingerprint density at radius 1 is 1.00 bits per heavy atom. The Hall–Kier alpha value is -2.79. The molecule has 2 N–H and O–H groups in total. The van der Waals surface area contributed by atoms with Gasteiger partial charge in [-0.2, -0.15) is 0 Å². The molecule has 1 heterocycles. The van der Waals surface area contributed by atoms with E-state index in [1.165, 1.54) is 5.56 Å². The number of amides is 1. The van der Waals surface area contributed by atoms with Gasteiger partial charge in [0.05, 0.1) is 0 Å². The van der Waals surface area contributed by atoms with Gasteiger partial charge in [-0.15, -0.1) is 11.8 Å². The monoisotopic (exact) mass is 364 g/mol. The van der Waals surface area contributed by atoms with Crippen LogP contribution in [0.1, 0.15) is 15.9 Å². The number of aromatic nitrogens is 1. The second-order valence-electron chi connectivity index (χ2n) is 5.90. The van der Waals surface area contributed by atoms with Crippen LogP contribution in [0.2, 0.25) is 0 Å². The molecule has 0 saturated heterocycles. The highest BCUT2D eigenvalue weighted by Crippen LogP contribution is 2.17. The van der Waals surface area contributed by atoms with Crippen LogP contribution in [0.4, 0.5) is 0 Å². The topological polar surface area (TPSA) is 62.0 Å². The molecule has 0 fully saturated rings. The number of H-pyrrole nitrogens is 1. The van der Waals surface area contributed by atoms with Gasteiger partial charge in [-0.1, -0.05) is 48.0 Å². The molecule has 26 heavy (non-hydrogen) atoms. The Morgan fingerprint density at radius 3 is 2.42 bits per heavy atom. The third-order valence-corrected chi connectivity index (χ3v) is 4.93. The number of benzene rings is 2. The third kappa shape index (κ3) is 4.64. The molecule has 1 amide bonds. The molecule has 4 nitrogen and oxygen atoms in total. The maximum atomic E-state index is 12.2. The number of aryl methyl sites for hydroxylation is 1.